The molecule has 2 amide bonds. The number of carbonyl (C=O) groups is 2. The van der Waals surface area contributed by atoms with Gasteiger partial charge in [-0.25, -0.2) is 4.39 Å². The van der Waals surface area contributed by atoms with Gasteiger partial charge in [0.1, 0.15) is 11.9 Å². The number of halogens is 1. The average Bonchev–Trinajstić information content (AvgIpc) is 3.31. The van der Waals surface area contributed by atoms with Gasteiger partial charge in [-0.3, -0.25) is 9.59 Å². The zero-order valence-corrected chi connectivity index (χ0v) is 14.5. The first-order valence-electron chi connectivity index (χ1n) is 8.71. The standard InChI is InChI=1S/C18H22FN3O4/c1-11(17(23)20-10-14-6-3-7-25-14)21-18(24)16-9-15(22-26-16)12-4-2-5-13(19)8-12/h2,4-5,8,11,14,16H,3,6-7,9-10H2,1H3,(H,20,23)(H,21,24)/t11-,14-,16-/m0/s1. The number of oxime groups is 1. The van der Waals surface area contributed by atoms with Crippen molar-refractivity contribution < 1.29 is 23.6 Å². The van der Waals surface area contributed by atoms with Crippen LogP contribution in [-0.4, -0.2) is 48.9 Å². The molecule has 1 aromatic carbocycles. The maximum absolute atomic E-state index is 13.3. The molecule has 1 aromatic rings. The van der Waals surface area contributed by atoms with Crippen LogP contribution in [0.4, 0.5) is 4.39 Å². The smallest absolute Gasteiger partial charge is 0.264 e. The fourth-order valence-corrected chi connectivity index (χ4v) is 2.90. The van der Waals surface area contributed by atoms with Crippen molar-refractivity contribution in [3.05, 3.63) is 35.6 Å². The number of benzene rings is 1. The first-order chi connectivity index (χ1) is 12.5. The van der Waals surface area contributed by atoms with Gasteiger partial charge in [-0.15, -0.1) is 0 Å². The zero-order valence-electron chi connectivity index (χ0n) is 14.5. The Morgan fingerprint density at radius 1 is 1.42 bits per heavy atom. The number of ether oxygens (including phenoxy) is 1. The Morgan fingerprint density at radius 2 is 2.27 bits per heavy atom. The Labute approximate surface area is 150 Å². The molecule has 1 fully saturated rings. The predicted octanol–water partition coefficient (Wildman–Crippen LogP) is 1.12. The van der Waals surface area contributed by atoms with Crippen LogP contribution in [0.2, 0.25) is 0 Å². The van der Waals surface area contributed by atoms with E-state index in [0.717, 1.165) is 19.4 Å². The summed E-state index contributed by atoms with van der Waals surface area (Å²) in [5, 5.41) is 9.25. The summed E-state index contributed by atoms with van der Waals surface area (Å²) in [5.41, 5.74) is 1.07. The molecular formula is C18H22FN3O4. The molecule has 2 aliphatic rings. The Kier molecular flexibility index (Phi) is 5.82. The number of hydrogen-bond donors (Lipinski definition) is 2. The van der Waals surface area contributed by atoms with E-state index in [9.17, 15) is 14.0 Å². The molecule has 3 rings (SSSR count). The molecule has 3 atom stereocenters. The fourth-order valence-electron chi connectivity index (χ4n) is 2.90. The number of nitrogens with one attached hydrogen (secondary N) is 2. The van der Waals surface area contributed by atoms with Gasteiger partial charge in [-0.05, 0) is 31.9 Å². The van der Waals surface area contributed by atoms with Crippen molar-refractivity contribution in [3.8, 4) is 0 Å². The third-order valence-electron chi connectivity index (χ3n) is 4.40. The summed E-state index contributed by atoms with van der Waals surface area (Å²) in [6.45, 7) is 2.76. The monoisotopic (exact) mass is 363 g/mol. The zero-order chi connectivity index (χ0) is 18.5. The van der Waals surface area contributed by atoms with Crippen molar-refractivity contribution in [2.45, 2.75) is 44.4 Å². The molecule has 0 bridgehead atoms. The molecule has 0 radical (unpaired) electrons. The molecule has 0 aliphatic carbocycles. The SMILES string of the molecule is C[C@H](NC(=O)[C@@H]1CC(c2cccc(F)c2)=NO1)C(=O)NC[C@@H]1CCCO1. The molecule has 0 aromatic heterocycles. The van der Waals surface area contributed by atoms with E-state index >= 15 is 0 Å². The molecule has 2 aliphatic heterocycles. The molecule has 8 heteroatoms. The molecule has 26 heavy (non-hydrogen) atoms. The van der Waals surface area contributed by atoms with E-state index in [-0.39, 0.29) is 24.2 Å². The number of nitrogens with zero attached hydrogens (tertiary/aromatic N) is 1. The second kappa shape index (κ2) is 8.27. The number of rotatable bonds is 6. The number of carbonyl (C=O) groups excluding carboxylic acids is 2. The van der Waals surface area contributed by atoms with Crippen molar-refractivity contribution in [3.63, 3.8) is 0 Å². The average molecular weight is 363 g/mol. The van der Waals surface area contributed by atoms with Gasteiger partial charge in [0.05, 0.1) is 11.8 Å². The minimum atomic E-state index is -0.832. The van der Waals surface area contributed by atoms with Crippen LogP contribution in [0.25, 0.3) is 0 Å². The van der Waals surface area contributed by atoms with Crippen LogP contribution >= 0.6 is 0 Å². The quantitative estimate of drug-likeness (QED) is 0.793. The normalized spacial score (nSPS) is 23.1. The lowest BCUT2D eigenvalue weighted by molar-refractivity contribution is -0.135. The van der Waals surface area contributed by atoms with Gasteiger partial charge in [-0.2, -0.15) is 0 Å². The maximum atomic E-state index is 13.3. The highest BCUT2D eigenvalue weighted by Gasteiger charge is 2.31. The van der Waals surface area contributed by atoms with Gasteiger partial charge in [0.2, 0.25) is 12.0 Å². The topological polar surface area (TPSA) is 89.0 Å². The van der Waals surface area contributed by atoms with Gasteiger partial charge >= 0.3 is 0 Å². The van der Waals surface area contributed by atoms with Crippen molar-refractivity contribution >= 4 is 17.5 Å². The van der Waals surface area contributed by atoms with Crippen LogP contribution < -0.4 is 10.6 Å². The van der Waals surface area contributed by atoms with E-state index in [1.165, 1.54) is 12.1 Å². The molecule has 2 heterocycles. The molecule has 140 valence electrons. The number of amides is 2. The third kappa shape index (κ3) is 4.57. The minimum absolute atomic E-state index is 0.0437. The van der Waals surface area contributed by atoms with Gasteiger partial charge in [-0.1, -0.05) is 17.3 Å². The van der Waals surface area contributed by atoms with E-state index in [4.69, 9.17) is 9.57 Å². The van der Waals surface area contributed by atoms with Crippen LogP contribution in [-0.2, 0) is 19.2 Å². The van der Waals surface area contributed by atoms with Gasteiger partial charge < -0.3 is 20.2 Å². The van der Waals surface area contributed by atoms with E-state index in [1.807, 2.05) is 0 Å². The molecular weight excluding hydrogens is 341 g/mol. The lowest BCUT2D eigenvalue weighted by atomic mass is 10.0. The van der Waals surface area contributed by atoms with Crippen molar-refractivity contribution in [1.29, 1.82) is 0 Å². The van der Waals surface area contributed by atoms with E-state index in [1.54, 1.807) is 19.1 Å². The lowest BCUT2D eigenvalue weighted by Gasteiger charge is -2.17. The Balaban J connectivity index is 1.45. The fraction of sp³-hybridized carbons (Fsp3) is 0.500. The van der Waals surface area contributed by atoms with E-state index in [2.05, 4.69) is 15.8 Å². The van der Waals surface area contributed by atoms with Crippen molar-refractivity contribution in [1.82, 2.24) is 10.6 Å². The van der Waals surface area contributed by atoms with Crippen molar-refractivity contribution in [2.75, 3.05) is 13.2 Å². The molecule has 0 saturated carbocycles. The Bertz CT molecular complexity index is 703. The summed E-state index contributed by atoms with van der Waals surface area (Å²) in [7, 11) is 0. The highest BCUT2D eigenvalue weighted by atomic mass is 19.1. The van der Waals surface area contributed by atoms with Crippen LogP contribution in [0.5, 0.6) is 0 Å². The second-order valence-corrected chi connectivity index (χ2v) is 6.46. The van der Waals surface area contributed by atoms with Gasteiger partial charge in [0.25, 0.3) is 5.91 Å². The van der Waals surface area contributed by atoms with Gasteiger partial charge in [0.15, 0.2) is 0 Å². The van der Waals surface area contributed by atoms with E-state index in [0.29, 0.717) is 17.8 Å². The van der Waals surface area contributed by atoms with Crippen LogP contribution in [0, 0.1) is 5.82 Å². The summed E-state index contributed by atoms with van der Waals surface area (Å²) in [6, 6.07) is 5.24. The highest BCUT2D eigenvalue weighted by molar-refractivity contribution is 6.04. The Morgan fingerprint density at radius 3 is 3.00 bits per heavy atom. The van der Waals surface area contributed by atoms with Crippen LogP contribution in [0.1, 0.15) is 31.7 Å². The summed E-state index contributed by atoms with van der Waals surface area (Å²) < 4.78 is 18.7. The van der Waals surface area contributed by atoms with Crippen LogP contribution in [0.3, 0.4) is 0 Å². The van der Waals surface area contributed by atoms with Gasteiger partial charge in [0, 0.05) is 25.1 Å². The molecule has 2 N–H and O–H groups in total. The first-order valence-corrected chi connectivity index (χ1v) is 8.71. The Hall–Kier alpha value is -2.48. The lowest BCUT2D eigenvalue weighted by Crippen LogP contribution is -2.49. The predicted molar refractivity (Wildman–Crippen MR) is 92.0 cm³/mol. The number of hydrogen-bond acceptors (Lipinski definition) is 5. The maximum Gasteiger partial charge on any atom is 0.264 e. The largest absolute Gasteiger partial charge is 0.382 e. The highest BCUT2D eigenvalue weighted by Crippen LogP contribution is 2.17. The third-order valence-corrected chi connectivity index (χ3v) is 4.40. The van der Waals surface area contributed by atoms with E-state index < -0.39 is 18.1 Å². The second-order valence-electron chi connectivity index (χ2n) is 6.46. The molecule has 7 nitrogen and oxygen atoms in total. The molecule has 1 saturated heterocycles. The summed E-state index contributed by atoms with van der Waals surface area (Å²) in [5.74, 6) is -1.09. The summed E-state index contributed by atoms with van der Waals surface area (Å²) in [6.07, 6.45) is 1.36. The molecule has 0 spiro atoms. The minimum Gasteiger partial charge on any atom is -0.382 e. The van der Waals surface area contributed by atoms with Crippen molar-refractivity contribution in [2.24, 2.45) is 5.16 Å². The molecule has 0 unspecified atom stereocenters. The summed E-state index contributed by atoms with van der Waals surface area (Å²) >= 11 is 0. The van der Waals surface area contributed by atoms with Crippen LogP contribution in [0.15, 0.2) is 29.4 Å². The first kappa shape index (κ1) is 18.3. The summed E-state index contributed by atoms with van der Waals surface area (Å²) in [4.78, 5) is 29.5.